The number of aliphatic hydroxyl groups is 1. The molecule has 1 atom stereocenters. The summed E-state index contributed by atoms with van der Waals surface area (Å²) < 4.78 is 38.5. The zero-order valence-corrected chi connectivity index (χ0v) is 10.3. The lowest BCUT2D eigenvalue weighted by atomic mass is 9.89. The molecule has 6 heteroatoms. The highest BCUT2D eigenvalue weighted by Crippen LogP contribution is 2.45. The van der Waals surface area contributed by atoms with Gasteiger partial charge >= 0.3 is 6.18 Å². The van der Waals surface area contributed by atoms with Crippen molar-refractivity contribution in [2.45, 2.75) is 38.0 Å². The Morgan fingerprint density at radius 1 is 1.37 bits per heavy atom. The number of hydrogen-bond donors (Lipinski definition) is 2. The molecular formula is C13H14F3NO2. The second-order valence-electron chi connectivity index (χ2n) is 4.64. The van der Waals surface area contributed by atoms with Gasteiger partial charge in [-0.05, 0) is 18.9 Å². The first-order chi connectivity index (χ1) is 8.80. The van der Waals surface area contributed by atoms with Crippen molar-refractivity contribution in [3.05, 3.63) is 29.3 Å². The summed E-state index contributed by atoms with van der Waals surface area (Å²) in [5.74, 6) is -0.785. The fourth-order valence-corrected chi connectivity index (χ4v) is 2.29. The zero-order valence-electron chi connectivity index (χ0n) is 10.3. The minimum absolute atomic E-state index is 0.0146. The summed E-state index contributed by atoms with van der Waals surface area (Å²) in [7, 11) is 0. The first kappa shape index (κ1) is 13.9. The number of halogens is 3. The molecule has 1 aliphatic rings. The van der Waals surface area contributed by atoms with Gasteiger partial charge in [-0.15, -0.1) is 0 Å². The van der Waals surface area contributed by atoms with E-state index in [-0.39, 0.29) is 17.7 Å². The predicted molar refractivity (Wildman–Crippen MR) is 63.5 cm³/mol. The number of hydrogen-bond acceptors (Lipinski definition) is 2. The average molecular weight is 273 g/mol. The van der Waals surface area contributed by atoms with Gasteiger partial charge in [0.1, 0.15) is 0 Å². The van der Waals surface area contributed by atoms with E-state index in [1.807, 2.05) is 6.92 Å². The van der Waals surface area contributed by atoms with Gasteiger partial charge in [0.15, 0.2) is 5.60 Å². The Hall–Kier alpha value is -1.56. The van der Waals surface area contributed by atoms with Crippen molar-refractivity contribution in [1.82, 2.24) is 0 Å². The highest BCUT2D eigenvalue weighted by Gasteiger charge is 2.48. The summed E-state index contributed by atoms with van der Waals surface area (Å²) in [6, 6.07) is 3.46. The number of para-hydroxylation sites is 1. The van der Waals surface area contributed by atoms with Crippen LogP contribution in [-0.4, -0.2) is 11.0 Å². The highest BCUT2D eigenvalue weighted by molar-refractivity contribution is 6.05. The monoisotopic (exact) mass is 273 g/mol. The van der Waals surface area contributed by atoms with E-state index in [2.05, 4.69) is 5.32 Å². The standard InChI is InChI=1S/C13H14F3NO2/c1-2-3-7-12(19)8-5-4-6-9(13(14,15)16)10(8)17-11(12)18/h4-6,19H,2-3,7H2,1H3,(H,17,18). The van der Waals surface area contributed by atoms with Crippen LogP contribution in [0.4, 0.5) is 18.9 Å². The van der Waals surface area contributed by atoms with Crippen LogP contribution in [0.1, 0.15) is 37.3 Å². The number of anilines is 1. The van der Waals surface area contributed by atoms with Gasteiger partial charge in [0.2, 0.25) is 0 Å². The summed E-state index contributed by atoms with van der Waals surface area (Å²) in [6.07, 6.45) is -3.15. The molecule has 2 rings (SSSR count). The molecule has 1 aromatic carbocycles. The lowest BCUT2D eigenvalue weighted by Crippen LogP contribution is -2.33. The summed E-state index contributed by atoms with van der Waals surface area (Å²) in [5.41, 5.74) is -3.09. The second-order valence-corrected chi connectivity index (χ2v) is 4.64. The van der Waals surface area contributed by atoms with Gasteiger partial charge in [-0.25, -0.2) is 0 Å². The number of amides is 1. The van der Waals surface area contributed by atoms with Crippen LogP contribution in [0.2, 0.25) is 0 Å². The first-order valence-electron chi connectivity index (χ1n) is 6.05. The molecule has 0 saturated heterocycles. The maximum Gasteiger partial charge on any atom is 0.418 e. The maximum absolute atomic E-state index is 12.8. The quantitative estimate of drug-likeness (QED) is 0.889. The molecule has 0 bridgehead atoms. The van der Waals surface area contributed by atoms with Crippen LogP contribution in [0.3, 0.4) is 0 Å². The molecule has 0 spiro atoms. The number of unbranched alkanes of at least 4 members (excludes halogenated alkanes) is 1. The van der Waals surface area contributed by atoms with E-state index in [0.29, 0.717) is 6.42 Å². The normalized spacial score (nSPS) is 22.3. The predicted octanol–water partition coefficient (Wildman–Crippen LogP) is 3.04. The van der Waals surface area contributed by atoms with Gasteiger partial charge in [0.05, 0.1) is 11.3 Å². The van der Waals surface area contributed by atoms with E-state index in [1.54, 1.807) is 0 Å². The molecule has 1 aliphatic heterocycles. The fourth-order valence-electron chi connectivity index (χ4n) is 2.29. The third-order valence-electron chi connectivity index (χ3n) is 3.32. The smallest absolute Gasteiger partial charge is 0.375 e. The van der Waals surface area contributed by atoms with Crippen LogP contribution < -0.4 is 5.32 Å². The van der Waals surface area contributed by atoms with Gasteiger partial charge in [0, 0.05) is 5.56 Å². The van der Waals surface area contributed by atoms with Crippen LogP contribution >= 0.6 is 0 Å². The molecule has 0 fully saturated rings. The molecule has 104 valence electrons. The van der Waals surface area contributed by atoms with Crippen molar-refractivity contribution in [3.63, 3.8) is 0 Å². The van der Waals surface area contributed by atoms with Crippen LogP contribution in [0.5, 0.6) is 0 Å². The van der Waals surface area contributed by atoms with Crippen molar-refractivity contribution >= 4 is 11.6 Å². The number of alkyl halides is 3. The Bertz CT molecular complexity index is 513. The average Bonchev–Trinajstić information content (AvgIpc) is 2.58. The minimum atomic E-state index is -4.56. The summed E-state index contributed by atoms with van der Waals surface area (Å²) in [5, 5.41) is 12.5. The van der Waals surface area contributed by atoms with Gasteiger partial charge in [-0.1, -0.05) is 25.5 Å². The molecule has 3 nitrogen and oxygen atoms in total. The van der Waals surface area contributed by atoms with Crippen LogP contribution in [0.25, 0.3) is 0 Å². The van der Waals surface area contributed by atoms with Crippen LogP contribution in [-0.2, 0) is 16.6 Å². The van der Waals surface area contributed by atoms with Gasteiger partial charge in [0.25, 0.3) is 5.91 Å². The van der Waals surface area contributed by atoms with Gasteiger partial charge < -0.3 is 10.4 Å². The molecule has 19 heavy (non-hydrogen) atoms. The topological polar surface area (TPSA) is 49.3 Å². The van der Waals surface area contributed by atoms with E-state index in [1.165, 1.54) is 12.1 Å². The van der Waals surface area contributed by atoms with Crippen molar-refractivity contribution in [2.24, 2.45) is 0 Å². The largest absolute Gasteiger partial charge is 0.418 e. The van der Waals surface area contributed by atoms with Crippen molar-refractivity contribution in [3.8, 4) is 0 Å². The Morgan fingerprint density at radius 2 is 2.05 bits per heavy atom. The van der Waals surface area contributed by atoms with Crippen molar-refractivity contribution in [2.75, 3.05) is 5.32 Å². The van der Waals surface area contributed by atoms with E-state index >= 15 is 0 Å². The van der Waals surface area contributed by atoms with Gasteiger partial charge in [-0.2, -0.15) is 13.2 Å². The van der Waals surface area contributed by atoms with E-state index in [9.17, 15) is 23.1 Å². The lowest BCUT2D eigenvalue weighted by Gasteiger charge is -2.20. The number of benzene rings is 1. The lowest BCUT2D eigenvalue weighted by molar-refractivity contribution is -0.137. The Balaban J connectivity index is 2.51. The Morgan fingerprint density at radius 3 is 2.63 bits per heavy atom. The van der Waals surface area contributed by atoms with Crippen LogP contribution in [0, 0.1) is 0 Å². The molecule has 1 unspecified atom stereocenters. The third kappa shape index (κ3) is 2.20. The molecule has 1 amide bonds. The van der Waals surface area contributed by atoms with E-state index in [0.717, 1.165) is 12.5 Å². The number of nitrogens with one attached hydrogen (secondary N) is 1. The maximum atomic E-state index is 12.8. The number of carbonyl (C=O) groups excluding carboxylic acids is 1. The second kappa shape index (κ2) is 4.52. The summed E-state index contributed by atoms with van der Waals surface area (Å²) in [6.45, 7) is 1.88. The molecule has 0 radical (unpaired) electrons. The number of fused-ring (bicyclic) bond motifs is 1. The first-order valence-corrected chi connectivity index (χ1v) is 6.05. The highest BCUT2D eigenvalue weighted by atomic mass is 19.4. The van der Waals surface area contributed by atoms with Crippen molar-refractivity contribution < 1.29 is 23.1 Å². The summed E-state index contributed by atoms with van der Waals surface area (Å²) in [4.78, 5) is 11.8. The number of carbonyl (C=O) groups is 1. The Kier molecular flexibility index (Phi) is 3.30. The molecule has 0 aromatic heterocycles. The van der Waals surface area contributed by atoms with E-state index in [4.69, 9.17) is 0 Å². The zero-order chi connectivity index (χ0) is 14.3. The summed E-state index contributed by atoms with van der Waals surface area (Å²) >= 11 is 0. The van der Waals surface area contributed by atoms with Crippen LogP contribution in [0.15, 0.2) is 18.2 Å². The van der Waals surface area contributed by atoms with E-state index < -0.39 is 23.2 Å². The molecule has 1 aromatic rings. The molecule has 0 aliphatic carbocycles. The molecule has 1 heterocycles. The van der Waals surface area contributed by atoms with Crippen molar-refractivity contribution in [1.29, 1.82) is 0 Å². The minimum Gasteiger partial charge on any atom is -0.375 e. The Labute approximate surface area is 108 Å². The molecular weight excluding hydrogens is 259 g/mol. The fraction of sp³-hybridized carbons (Fsp3) is 0.462. The number of rotatable bonds is 3. The third-order valence-corrected chi connectivity index (χ3v) is 3.32. The molecule has 2 N–H and O–H groups in total. The van der Waals surface area contributed by atoms with Gasteiger partial charge in [-0.3, -0.25) is 4.79 Å². The SMILES string of the molecule is CCCCC1(O)C(=O)Nc2c(C(F)(F)F)cccc21. The molecule has 0 saturated carbocycles.